The Labute approximate surface area is 734 Å². The van der Waals surface area contributed by atoms with Crippen LogP contribution < -0.4 is 77.7 Å². The fourth-order valence-electron chi connectivity index (χ4n) is 15.4. The number of ether oxygens (including phenoxy) is 7. The zero-order valence-electron chi connectivity index (χ0n) is 69.5. The molecule has 38 nitrogen and oxygen atoms in total. The number of nitrogens with two attached hydrogens (primary N) is 2. The molecule has 2 fully saturated rings. The molecular formula is C85H105Cl2N11O27S. The lowest BCUT2D eigenvalue weighted by atomic mass is 9.86. The van der Waals surface area contributed by atoms with Crippen LogP contribution in [0.5, 0.6) is 46.0 Å². The van der Waals surface area contributed by atoms with Crippen LogP contribution in [0.4, 0.5) is 4.79 Å². The molecule has 7 heterocycles. The maximum Gasteiger partial charge on any atom is 0.412 e. The summed E-state index contributed by atoms with van der Waals surface area (Å²) in [5.74, 6) is -16.3. The van der Waals surface area contributed by atoms with Gasteiger partial charge in [0.25, 0.3) is 0 Å². The van der Waals surface area contributed by atoms with E-state index in [4.69, 9.17) is 67.8 Å². The summed E-state index contributed by atoms with van der Waals surface area (Å²) < 4.78 is 72.9. The van der Waals surface area contributed by atoms with Gasteiger partial charge in [0.15, 0.2) is 29.9 Å². The summed E-state index contributed by atoms with van der Waals surface area (Å²) in [4.78, 5) is 133. The number of amides is 8. The van der Waals surface area contributed by atoms with Crippen LogP contribution in [0, 0.1) is 5.92 Å². The predicted octanol–water partition coefficient (Wildman–Crippen LogP) is 4.15. The second-order valence-corrected chi connectivity index (χ2v) is 34.9. The van der Waals surface area contributed by atoms with Crippen molar-refractivity contribution in [3.8, 4) is 57.1 Å². The molecule has 2 saturated heterocycles. The summed E-state index contributed by atoms with van der Waals surface area (Å²) in [6.45, 7) is 7.88. The van der Waals surface area contributed by atoms with Crippen LogP contribution in [0.15, 0.2) is 108 Å². The number of carboxylic acid groups (broad SMARTS) is 1. The normalized spacial score (nSPS) is 26.0. The molecule has 6 aromatic carbocycles. The van der Waals surface area contributed by atoms with Crippen molar-refractivity contribution < 1.29 is 131 Å². The highest BCUT2D eigenvalue weighted by Crippen LogP contribution is 2.50. The zero-order chi connectivity index (χ0) is 91.5. The number of fused-ring (bicyclic) bond motifs is 15. The SMILES string of the molecule is CCCCCCc1ccc(S(=O)(=O)NCCCCCCNC(=O)Oc2cc(O)c3c(c2)[C@H](C(=O)O)NC(=O)[C@H]2NC(=O)[C@H](NC(=O)[C@@H]4NC(=O)[C@H](CC(N)=O)NC(=O)[C@H](NC(=O)[C@@H](CC(C)C)NC)[C@H](O)c5ccc(c(Cl)c5)Oc5cc4cc(c5O[C@@H]4O[C@H](CO)[C@@H](O)[C@H](O)[C@H]4O[C@H]4C[C@](C)(N)[C@H](O)[C@H](C)O4)Oc4ccc(cc4Cl)[C@H]2O)c2ccc(O)c-3c2)cc1. The Bertz CT molecular complexity index is 5130. The van der Waals surface area contributed by atoms with Crippen LogP contribution in [-0.2, 0) is 69.0 Å². The number of aromatic hydroxyl groups is 2. The maximum atomic E-state index is 16.3. The number of aryl methyl sites for hydroxylation is 1. The largest absolute Gasteiger partial charge is 0.507 e. The lowest BCUT2D eigenvalue weighted by molar-refractivity contribution is -0.333. The number of likely N-dealkylation sites (N-methyl/N-ethyl adjacent to an activating group) is 1. The van der Waals surface area contributed by atoms with Gasteiger partial charge in [0, 0.05) is 47.8 Å². The van der Waals surface area contributed by atoms with E-state index in [2.05, 4.69) is 54.2 Å². The smallest absolute Gasteiger partial charge is 0.412 e. The molecule has 8 amide bonds. The van der Waals surface area contributed by atoms with Gasteiger partial charge in [-0.2, -0.15) is 0 Å². The number of carbonyl (C=O) groups is 9. The number of aliphatic hydroxyl groups excluding tert-OH is 6. The van der Waals surface area contributed by atoms with Gasteiger partial charge in [0.1, 0.15) is 89.5 Å². The highest BCUT2D eigenvalue weighted by molar-refractivity contribution is 7.89. The van der Waals surface area contributed by atoms with E-state index in [-0.39, 0.29) is 58.6 Å². The second-order valence-electron chi connectivity index (χ2n) is 32.3. The van der Waals surface area contributed by atoms with Crippen molar-refractivity contribution in [1.82, 2.24) is 47.3 Å². The molecule has 0 radical (unpaired) electrons. The quantitative estimate of drug-likeness (QED) is 0.0307. The van der Waals surface area contributed by atoms with E-state index in [1.165, 1.54) is 33.0 Å². The molecule has 7 aliphatic rings. The van der Waals surface area contributed by atoms with E-state index in [0.717, 1.165) is 104 Å². The zero-order valence-corrected chi connectivity index (χ0v) is 71.8. The Morgan fingerprint density at radius 2 is 1.30 bits per heavy atom. The minimum Gasteiger partial charge on any atom is -0.507 e. The Hall–Kier alpha value is -10.6. The molecule has 126 heavy (non-hydrogen) atoms. The molecule has 18 atom stereocenters. The van der Waals surface area contributed by atoms with E-state index in [1.54, 1.807) is 24.3 Å². The first-order valence-corrected chi connectivity index (χ1v) is 43.3. The number of hydrogen-bond donors (Lipinski definition) is 20. The number of benzene rings is 6. The van der Waals surface area contributed by atoms with Gasteiger partial charge in [0.2, 0.25) is 63.4 Å². The fraction of sp³-hybridized carbons (Fsp3) is 0.471. The number of sulfonamides is 1. The summed E-state index contributed by atoms with van der Waals surface area (Å²) in [5, 5.41) is 125. The first-order chi connectivity index (χ1) is 59.8. The highest BCUT2D eigenvalue weighted by Gasteiger charge is 2.52. The van der Waals surface area contributed by atoms with Crippen molar-refractivity contribution in [3.05, 3.63) is 147 Å². The van der Waals surface area contributed by atoms with Crippen molar-refractivity contribution in [2.75, 3.05) is 26.7 Å². The van der Waals surface area contributed by atoms with E-state index in [9.17, 15) is 78.3 Å². The average Bonchev–Trinajstić information content (AvgIpc) is 0.762. The van der Waals surface area contributed by atoms with Crippen molar-refractivity contribution in [2.24, 2.45) is 17.4 Å². The summed E-state index contributed by atoms with van der Waals surface area (Å²) in [6.07, 6.45) is -13.0. The molecule has 7 aliphatic heterocycles. The van der Waals surface area contributed by atoms with Crippen LogP contribution >= 0.6 is 23.2 Å². The fourth-order valence-corrected chi connectivity index (χ4v) is 16.9. The number of aliphatic carboxylic acids is 1. The molecule has 6 aromatic rings. The van der Waals surface area contributed by atoms with Gasteiger partial charge in [-0.15, -0.1) is 0 Å². The first kappa shape index (κ1) is 96.0. The highest BCUT2D eigenvalue weighted by atomic mass is 35.5. The van der Waals surface area contributed by atoms with Gasteiger partial charge in [-0.3, -0.25) is 33.6 Å². The molecule has 0 saturated carbocycles. The van der Waals surface area contributed by atoms with Gasteiger partial charge in [0.05, 0.1) is 46.2 Å². The number of halogens is 2. The Kier molecular flexibility index (Phi) is 31.9. The van der Waals surface area contributed by atoms with Gasteiger partial charge in [-0.1, -0.05) is 106 Å². The maximum absolute atomic E-state index is 16.3. The average molecular weight is 1820 g/mol. The second kappa shape index (κ2) is 41.9. The van der Waals surface area contributed by atoms with E-state index < -0.39 is 259 Å². The first-order valence-electron chi connectivity index (χ1n) is 41.1. The third-order valence-electron chi connectivity index (χ3n) is 22.2. The number of primary amides is 1. The van der Waals surface area contributed by atoms with Crippen LogP contribution in [0.25, 0.3) is 11.1 Å². The predicted molar refractivity (Wildman–Crippen MR) is 450 cm³/mol. The van der Waals surface area contributed by atoms with Crippen LogP contribution in [0.1, 0.15) is 169 Å². The number of unbranched alkanes of at least 4 members (excludes halogenated alkanes) is 6. The molecule has 13 rings (SSSR count). The molecule has 682 valence electrons. The standard InChI is InChI=1S/C85H105Cl2N11O27S/c1-7-8-9-12-15-41-16-21-47(22-17-41)126(117,118)92-27-14-11-10-13-26-91-84(116)120-46-34-49-63(55(101)35-46)48-29-42(18-23-54(48)100)64-78(110)98-68(81(113)96-66(49)82(114)115)70(104)44-20-25-57(51(87)31-44)122-59-33-45-32-58(73(59)125-83-74(72(106)71(105)60(38-99)123-83)124-62-37-85(5,89)75(107)40(4)119-62)121-56-24-19-43(30-50(56)86)69(103)67(97-76(108)52(90-6)28-39(2)3)80(112)93-53(36-61(88)102)77(109)94-65(45)79(111)95-64/h16-25,29-35,39-40,52-53,60,62,64-72,74-75,83,90,92,99-101,103-107H,7-15,26-28,36-38,89H2,1-6H3,(H2,88,102)(H,91,116)(H,93,112)(H,94,109)(H,95,111)(H,96,113)(H,97,108)(H,98,110)(H,114,115)/t40-,52+,53-,60+,62-,64+,65+,66+,67+,68-,69+,70+,71+,72-,74+,75+,83-,85-/m0/s1. The molecule has 0 aromatic heterocycles. The molecule has 11 bridgehead atoms. The van der Waals surface area contributed by atoms with Gasteiger partial charge >= 0.3 is 12.1 Å². The molecule has 0 spiro atoms. The van der Waals surface area contributed by atoms with Gasteiger partial charge < -0.3 is 133 Å². The van der Waals surface area contributed by atoms with E-state index in [0.29, 0.717) is 25.7 Å². The third kappa shape index (κ3) is 23.0. The number of hydrogen-bond acceptors (Lipinski definition) is 28. The molecule has 0 aliphatic carbocycles. The molecule has 22 N–H and O–H groups in total. The Morgan fingerprint density at radius 3 is 1.91 bits per heavy atom. The number of nitrogens with one attached hydrogen (secondary N) is 9. The Balaban J connectivity index is 1.01. The van der Waals surface area contributed by atoms with Gasteiger partial charge in [-0.25, -0.2) is 22.7 Å². The number of rotatable bonds is 28. The monoisotopic (exact) mass is 1810 g/mol. The lowest BCUT2D eigenvalue weighted by Crippen LogP contribution is -2.64. The number of phenols is 2. The number of carbonyl (C=O) groups excluding carboxylic acids is 8. The topological polar surface area (TPSA) is 595 Å². The third-order valence-corrected chi connectivity index (χ3v) is 24.3. The van der Waals surface area contributed by atoms with Crippen molar-refractivity contribution >= 4 is 86.6 Å². The lowest BCUT2D eigenvalue weighted by Gasteiger charge is -2.47. The van der Waals surface area contributed by atoms with Crippen LogP contribution in [0.3, 0.4) is 0 Å². The molecule has 41 heteroatoms. The minimum absolute atomic E-state index is 0.00343. The van der Waals surface area contributed by atoms with Gasteiger partial charge in [-0.05, 0) is 153 Å². The number of carboxylic acids is 1. The summed E-state index contributed by atoms with van der Waals surface area (Å²) >= 11 is 14.3. The van der Waals surface area contributed by atoms with Crippen molar-refractivity contribution in [2.45, 2.75) is 226 Å². The summed E-state index contributed by atoms with van der Waals surface area (Å²) in [6, 6.07) is 5.70. The van der Waals surface area contributed by atoms with E-state index >= 15 is 19.2 Å². The van der Waals surface area contributed by atoms with Crippen LogP contribution in [0.2, 0.25) is 10.0 Å². The van der Waals surface area contributed by atoms with E-state index in [1.807, 2.05) is 13.8 Å². The summed E-state index contributed by atoms with van der Waals surface area (Å²) in [7, 11) is -2.33. The number of phenolic OH excluding ortho intramolecular Hbond substituents is 2. The van der Waals surface area contributed by atoms with Crippen molar-refractivity contribution in [1.29, 1.82) is 0 Å². The van der Waals surface area contributed by atoms with Crippen molar-refractivity contribution in [3.63, 3.8) is 0 Å². The molecule has 0 unspecified atom stereocenters. The van der Waals surface area contributed by atoms with Crippen LogP contribution in [-0.4, -0.2) is 213 Å². The molecular weight excluding hydrogens is 1710 g/mol. The summed E-state index contributed by atoms with van der Waals surface area (Å²) in [5.41, 5.74) is 8.81. The number of aliphatic hydroxyl groups is 6. The minimum atomic E-state index is -3.79. The Morgan fingerprint density at radius 1 is 0.683 bits per heavy atom.